The molecule has 0 radical (unpaired) electrons. The molecule has 5 unspecified atom stereocenters. The topological polar surface area (TPSA) is 124 Å². The molecule has 3 rings (SSSR count). The highest BCUT2D eigenvalue weighted by molar-refractivity contribution is 5.71. The lowest BCUT2D eigenvalue weighted by molar-refractivity contribution is -0.279. The van der Waals surface area contributed by atoms with E-state index in [2.05, 4.69) is 19.6 Å². The van der Waals surface area contributed by atoms with Gasteiger partial charge in [0.2, 0.25) is 12.6 Å². The minimum atomic E-state index is -1.36. The van der Waals surface area contributed by atoms with Crippen molar-refractivity contribution < 1.29 is 47.6 Å². The van der Waals surface area contributed by atoms with Crippen LogP contribution in [0.2, 0.25) is 0 Å². The van der Waals surface area contributed by atoms with Gasteiger partial charge < -0.3 is 23.7 Å². The molecule has 0 bridgehead atoms. The van der Waals surface area contributed by atoms with E-state index < -0.39 is 71.5 Å². The lowest BCUT2D eigenvalue weighted by Gasteiger charge is -2.62. The maximum Gasteiger partial charge on any atom is 0.308 e. The predicted octanol–water partition coefficient (Wildman–Crippen LogP) is 5.34. The number of carbonyl (C=O) groups excluding carboxylic acids is 4. The Morgan fingerprint density at radius 3 is 2.14 bits per heavy atom. The van der Waals surface area contributed by atoms with Crippen molar-refractivity contribution in [1.29, 1.82) is 0 Å². The Labute approximate surface area is 255 Å². The molecule has 0 amide bonds. The lowest BCUT2D eigenvalue weighted by atomic mass is 9.44. The van der Waals surface area contributed by atoms with Gasteiger partial charge in [-0.05, 0) is 50.0 Å². The van der Waals surface area contributed by atoms with Crippen LogP contribution in [0.4, 0.5) is 0 Å². The van der Waals surface area contributed by atoms with Gasteiger partial charge in [0.1, 0.15) is 11.5 Å². The van der Waals surface area contributed by atoms with Crippen molar-refractivity contribution >= 4 is 23.9 Å². The Bertz CT molecular complexity index is 1140. The second-order valence-electron chi connectivity index (χ2n) is 12.2. The van der Waals surface area contributed by atoms with E-state index in [1.807, 2.05) is 33.8 Å². The van der Waals surface area contributed by atoms with Crippen LogP contribution in [-0.4, -0.2) is 61.9 Å². The van der Waals surface area contributed by atoms with Crippen molar-refractivity contribution in [2.45, 2.75) is 118 Å². The fraction of sp³-hybridized carbons (Fsp3) is 0.697. The minimum absolute atomic E-state index is 0.153. The zero-order chi connectivity index (χ0) is 32.1. The molecule has 0 aromatic rings. The van der Waals surface area contributed by atoms with E-state index in [-0.39, 0.29) is 18.8 Å². The molecule has 1 spiro atoms. The summed E-state index contributed by atoms with van der Waals surface area (Å²) >= 11 is 0. The number of rotatable bonds is 12. The molecule has 10 heteroatoms. The Morgan fingerprint density at radius 1 is 1.00 bits per heavy atom. The highest BCUT2D eigenvalue weighted by Gasteiger charge is 2.75. The van der Waals surface area contributed by atoms with E-state index in [9.17, 15) is 19.2 Å². The molecule has 10 nitrogen and oxygen atoms in total. The summed E-state index contributed by atoms with van der Waals surface area (Å²) in [5.74, 6) is -2.90. The van der Waals surface area contributed by atoms with Crippen LogP contribution >= 0.6 is 0 Å². The van der Waals surface area contributed by atoms with Crippen LogP contribution in [0.1, 0.15) is 87.0 Å². The number of esters is 4. The molecule has 43 heavy (non-hydrogen) atoms. The highest BCUT2D eigenvalue weighted by atomic mass is 16.8. The third-order valence-electron chi connectivity index (χ3n) is 9.37. The average molecular weight is 605 g/mol. The van der Waals surface area contributed by atoms with Crippen molar-refractivity contribution in [2.24, 2.45) is 22.7 Å². The van der Waals surface area contributed by atoms with E-state index >= 15 is 0 Å². The quantitative estimate of drug-likeness (QED) is 0.125. The number of ether oxygens (including phenoxy) is 6. The molecule has 240 valence electrons. The molecule has 1 saturated carbocycles. The molecular weight excluding hydrogens is 556 g/mol. The Kier molecular flexibility index (Phi) is 11.4. The van der Waals surface area contributed by atoms with Crippen molar-refractivity contribution in [2.75, 3.05) is 7.11 Å². The molecular formula is C33H48O10. The van der Waals surface area contributed by atoms with Gasteiger partial charge in [-0.25, -0.2) is 0 Å². The van der Waals surface area contributed by atoms with Crippen LogP contribution in [0.15, 0.2) is 36.0 Å². The molecule has 3 aliphatic rings. The summed E-state index contributed by atoms with van der Waals surface area (Å²) in [6.45, 7) is 16.2. The van der Waals surface area contributed by atoms with Crippen LogP contribution in [0.3, 0.4) is 0 Å². The number of carbonyl (C=O) groups is 4. The predicted molar refractivity (Wildman–Crippen MR) is 157 cm³/mol. The summed E-state index contributed by atoms with van der Waals surface area (Å²) in [5, 5.41) is 0. The van der Waals surface area contributed by atoms with E-state index in [1.54, 1.807) is 13.2 Å². The van der Waals surface area contributed by atoms with Crippen molar-refractivity contribution in [3.05, 3.63) is 36.0 Å². The molecule has 9 atom stereocenters. The van der Waals surface area contributed by atoms with Gasteiger partial charge >= 0.3 is 23.9 Å². The van der Waals surface area contributed by atoms with Gasteiger partial charge in [-0.15, -0.1) is 0 Å². The zero-order valence-corrected chi connectivity index (χ0v) is 26.8. The van der Waals surface area contributed by atoms with Gasteiger partial charge in [0.05, 0.1) is 6.10 Å². The zero-order valence-electron chi connectivity index (χ0n) is 26.8. The highest BCUT2D eigenvalue weighted by Crippen LogP contribution is 2.68. The number of hydrogen-bond acceptors (Lipinski definition) is 10. The minimum Gasteiger partial charge on any atom is -0.458 e. The van der Waals surface area contributed by atoms with Crippen LogP contribution in [0, 0.1) is 22.7 Å². The molecule has 0 aromatic carbocycles. The lowest BCUT2D eigenvalue weighted by Crippen LogP contribution is -2.69. The van der Waals surface area contributed by atoms with Crippen molar-refractivity contribution in [1.82, 2.24) is 0 Å². The molecule has 1 heterocycles. The van der Waals surface area contributed by atoms with Crippen LogP contribution in [0.25, 0.3) is 0 Å². The summed E-state index contributed by atoms with van der Waals surface area (Å²) < 4.78 is 36.2. The fourth-order valence-electron chi connectivity index (χ4n) is 7.09. The maximum absolute atomic E-state index is 13.1. The SMILES string of the molecule is C=C/C(C)=C/C[C@@]1(C)[C@@H]2CC(OC)C=C3C(OC(=O)CCC)OC(OC(C)=O)[C@@]32C(OC(C)=O)C(OC(=O)CCC)[C@@H]1C. The number of methoxy groups -OCH3 is 1. The van der Waals surface area contributed by atoms with E-state index in [0.717, 1.165) is 5.57 Å². The molecule has 2 fully saturated rings. The normalized spacial score (nSPS) is 35.1. The monoisotopic (exact) mass is 604 g/mol. The molecule has 0 aromatic heterocycles. The first-order chi connectivity index (χ1) is 20.3. The summed E-state index contributed by atoms with van der Waals surface area (Å²) in [4.78, 5) is 51.3. The van der Waals surface area contributed by atoms with Gasteiger partial charge in [0.15, 0.2) is 6.10 Å². The van der Waals surface area contributed by atoms with Crippen LogP contribution in [0.5, 0.6) is 0 Å². The van der Waals surface area contributed by atoms with Crippen molar-refractivity contribution in [3.63, 3.8) is 0 Å². The summed E-state index contributed by atoms with van der Waals surface area (Å²) in [5.41, 5.74) is -0.572. The first kappa shape index (κ1) is 34.5. The summed E-state index contributed by atoms with van der Waals surface area (Å²) in [6, 6.07) is 0. The number of hydrogen-bond donors (Lipinski definition) is 0. The van der Waals surface area contributed by atoms with Crippen LogP contribution < -0.4 is 0 Å². The Hall–Kier alpha value is -2.98. The van der Waals surface area contributed by atoms with E-state index in [1.165, 1.54) is 13.8 Å². The molecule has 0 N–H and O–H groups in total. The van der Waals surface area contributed by atoms with Gasteiger partial charge in [-0.3, -0.25) is 23.9 Å². The summed E-state index contributed by atoms with van der Waals surface area (Å²) in [6.07, 6.45) is 3.07. The second-order valence-corrected chi connectivity index (χ2v) is 12.2. The van der Waals surface area contributed by atoms with Crippen molar-refractivity contribution in [3.8, 4) is 0 Å². The largest absolute Gasteiger partial charge is 0.458 e. The van der Waals surface area contributed by atoms with E-state index in [0.29, 0.717) is 31.3 Å². The Morgan fingerprint density at radius 2 is 1.60 bits per heavy atom. The van der Waals surface area contributed by atoms with Gasteiger partial charge in [-0.1, -0.05) is 52.0 Å². The fourth-order valence-corrected chi connectivity index (χ4v) is 7.09. The molecule has 2 aliphatic carbocycles. The summed E-state index contributed by atoms with van der Waals surface area (Å²) in [7, 11) is 1.59. The number of allylic oxidation sites excluding steroid dienone is 3. The third kappa shape index (κ3) is 6.75. The first-order valence-corrected chi connectivity index (χ1v) is 15.2. The maximum atomic E-state index is 13.1. The van der Waals surface area contributed by atoms with Gasteiger partial charge in [0.25, 0.3) is 0 Å². The van der Waals surface area contributed by atoms with Gasteiger partial charge in [-0.2, -0.15) is 0 Å². The third-order valence-corrected chi connectivity index (χ3v) is 9.37. The second kappa shape index (κ2) is 14.2. The standard InChI is InChI=1S/C33H48O10/c1-10-13-26(36)41-28-20(5)32(8,16-15-19(4)12-3)25-18-23(38-9)17-24-30(42-27(37)14-11-2)43-31(40-22(7)35)33(24,25)29(28)39-21(6)34/h12,15,17,20,23,25,28-31H,3,10-11,13-14,16,18H2,1-2,4-9H3/b19-15+/t20-,23?,25-,28?,29?,30?,31?,32+,33-/m0/s1. The van der Waals surface area contributed by atoms with Gasteiger partial charge in [0, 0.05) is 45.3 Å². The first-order valence-electron chi connectivity index (χ1n) is 15.2. The average Bonchev–Trinajstić information content (AvgIpc) is 3.23. The smallest absolute Gasteiger partial charge is 0.308 e. The Balaban J connectivity index is 2.39. The van der Waals surface area contributed by atoms with Crippen LogP contribution in [-0.2, 0) is 47.6 Å². The van der Waals surface area contributed by atoms with E-state index in [4.69, 9.17) is 28.4 Å². The molecule has 1 saturated heterocycles. The molecule has 1 aliphatic heterocycles.